The summed E-state index contributed by atoms with van der Waals surface area (Å²) in [5.74, 6) is -1.68. The van der Waals surface area contributed by atoms with E-state index in [-0.39, 0.29) is 18.1 Å². The summed E-state index contributed by atoms with van der Waals surface area (Å²) >= 11 is 0. The first-order chi connectivity index (χ1) is 9.34. The molecule has 0 radical (unpaired) electrons. The van der Waals surface area contributed by atoms with Gasteiger partial charge in [-0.3, -0.25) is 9.59 Å². The minimum atomic E-state index is -1.04. The summed E-state index contributed by atoms with van der Waals surface area (Å²) < 4.78 is 13.1. The van der Waals surface area contributed by atoms with Crippen molar-refractivity contribution in [2.45, 2.75) is 40.0 Å². The van der Waals surface area contributed by atoms with Crippen molar-refractivity contribution in [1.82, 2.24) is 0 Å². The van der Waals surface area contributed by atoms with Gasteiger partial charge in [0.25, 0.3) is 0 Å². The van der Waals surface area contributed by atoms with E-state index in [2.05, 4.69) is 5.32 Å². The lowest BCUT2D eigenvalue weighted by Gasteiger charge is -2.25. The molecule has 4 nitrogen and oxygen atoms in total. The van der Waals surface area contributed by atoms with Crippen LogP contribution in [0.1, 0.15) is 38.7 Å². The molecule has 0 aliphatic rings. The van der Waals surface area contributed by atoms with Crippen LogP contribution in [0, 0.1) is 18.2 Å². The average Bonchev–Trinajstić information content (AvgIpc) is 2.40. The number of hydrogen-bond donors (Lipinski definition) is 2. The van der Waals surface area contributed by atoms with Gasteiger partial charge < -0.3 is 10.4 Å². The maximum atomic E-state index is 13.1. The van der Waals surface area contributed by atoms with Crippen LogP contribution in [0.2, 0.25) is 0 Å². The predicted molar refractivity (Wildman–Crippen MR) is 75.0 cm³/mol. The largest absolute Gasteiger partial charge is 0.481 e. The van der Waals surface area contributed by atoms with E-state index in [0.717, 1.165) is 0 Å². The SMILES string of the molecule is CCC(CC)(CC(=O)Nc1ccc(F)c(C)c1)C(=O)O. The van der Waals surface area contributed by atoms with Gasteiger partial charge in [0, 0.05) is 12.1 Å². The Morgan fingerprint density at radius 1 is 1.30 bits per heavy atom. The molecule has 1 amide bonds. The smallest absolute Gasteiger partial charge is 0.310 e. The lowest BCUT2D eigenvalue weighted by Crippen LogP contribution is -2.34. The van der Waals surface area contributed by atoms with E-state index < -0.39 is 11.4 Å². The molecule has 0 saturated heterocycles. The fourth-order valence-corrected chi connectivity index (χ4v) is 2.11. The summed E-state index contributed by atoms with van der Waals surface area (Å²) in [5, 5.41) is 11.9. The molecule has 0 aromatic heterocycles. The van der Waals surface area contributed by atoms with Crippen LogP contribution in [0.4, 0.5) is 10.1 Å². The van der Waals surface area contributed by atoms with Crippen molar-refractivity contribution >= 4 is 17.6 Å². The number of aliphatic carboxylic acids is 1. The van der Waals surface area contributed by atoms with Crippen molar-refractivity contribution in [3.8, 4) is 0 Å². The molecule has 0 saturated carbocycles. The molecule has 0 bridgehead atoms. The van der Waals surface area contributed by atoms with E-state index in [4.69, 9.17) is 0 Å². The molecule has 110 valence electrons. The Morgan fingerprint density at radius 2 is 1.90 bits per heavy atom. The number of anilines is 1. The highest BCUT2D eigenvalue weighted by Crippen LogP contribution is 2.31. The van der Waals surface area contributed by atoms with Crippen LogP contribution < -0.4 is 5.32 Å². The number of rotatable bonds is 6. The molecule has 1 aromatic carbocycles. The summed E-state index contributed by atoms with van der Waals surface area (Å²) in [5.41, 5.74) is -0.141. The Labute approximate surface area is 118 Å². The lowest BCUT2D eigenvalue weighted by atomic mass is 9.79. The molecule has 0 heterocycles. The van der Waals surface area contributed by atoms with Gasteiger partial charge in [0.05, 0.1) is 5.41 Å². The van der Waals surface area contributed by atoms with Gasteiger partial charge in [-0.25, -0.2) is 4.39 Å². The van der Waals surface area contributed by atoms with Gasteiger partial charge in [-0.05, 0) is 43.5 Å². The Balaban J connectivity index is 2.80. The molecular weight excluding hydrogens is 261 g/mol. The number of carboxylic acids is 1. The fourth-order valence-electron chi connectivity index (χ4n) is 2.11. The highest BCUT2D eigenvalue weighted by atomic mass is 19.1. The second-order valence-electron chi connectivity index (χ2n) is 4.98. The molecular formula is C15H20FNO3. The third-order valence-electron chi connectivity index (χ3n) is 3.75. The molecule has 0 atom stereocenters. The highest BCUT2D eigenvalue weighted by Gasteiger charge is 2.37. The van der Waals surface area contributed by atoms with E-state index in [9.17, 15) is 19.1 Å². The molecule has 0 aliphatic carbocycles. The van der Waals surface area contributed by atoms with E-state index in [0.29, 0.717) is 24.1 Å². The Morgan fingerprint density at radius 3 is 2.35 bits per heavy atom. The van der Waals surface area contributed by atoms with Gasteiger partial charge in [-0.15, -0.1) is 0 Å². The van der Waals surface area contributed by atoms with Crippen molar-refractivity contribution in [1.29, 1.82) is 0 Å². The lowest BCUT2D eigenvalue weighted by molar-refractivity contribution is -0.151. The minimum Gasteiger partial charge on any atom is -0.481 e. The number of amides is 1. The number of benzene rings is 1. The number of nitrogens with one attached hydrogen (secondary N) is 1. The predicted octanol–water partition coefficient (Wildman–Crippen LogP) is 3.35. The van der Waals surface area contributed by atoms with Gasteiger partial charge in [0.1, 0.15) is 5.82 Å². The topological polar surface area (TPSA) is 66.4 Å². The zero-order chi connectivity index (χ0) is 15.3. The number of halogens is 1. The van der Waals surface area contributed by atoms with Gasteiger partial charge in [0.15, 0.2) is 0 Å². The summed E-state index contributed by atoms with van der Waals surface area (Å²) in [4.78, 5) is 23.3. The van der Waals surface area contributed by atoms with Gasteiger partial charge >= 0.3 is 5.97 Å². The molecule has 0 fully saturated rings. The Kier molecular flexibility index (Phi) is 5.25. The summed E-state index contributed by atoms with van der Waals surface area (Å²) in [6.07, 6.45) is 0.676. The van der Waals surface area contributed by atoms with E-state index >= 15 is 0 Å². The van der Waals surface area contributed by atoms with Crippen LogP contribution >= 0.6 is 0 Å². The summed E-state index contributed by atoms with van der Waals surface area (Å²) in [7, 11) is 0. The third kappa shape index (κ3) is 3.56. The van der Waals surface area contributed by atoms with Gasteiger partial charge in [-0.1, -0.05) is 13.8 Å². The molecule has 0 spiro atoms. The zero-order valence-corrected chi connectivity index (χ0v) is 12.0. The minimum absolute atomic E-state index is 0.0915. The van der Waals surface area contributed by atoms with Crippen LogP contribution in [0.5, 0.6) is 0 Å². The number of carbonyl (C=O) groups excluding carboxylic acids is 1. The second kappa shape index (κ2) is 6.50. The van der Waals surface area contributed by atoms with Crippen LogP contribution in [-0.2, 0) is 9.59 Å². The molecule has 5 heteroatoms. The molecule has 1 aromatic rings. The number of hydrogen-bond acceptors (Lipinski definition) is 2. The maximum absolute atomic E-state index is 13.1. The molecule has 2 N–H and O–H groups in total. The van der Waals surface area contributed by atoms with Crippen molar-refractivity contribution in [2.24, 2.45) is 5.41 Å². The van der Waals surface area contributed by atoms with Crippen LogP contribution in [-0.4, -0.2) is 17.0 Å². The van der Waals surface area contributed by atoms with Crippen molar-refractivity contribution < 1.29 is 19.1 Å². The molecule has 0 aliphatic heterocycles. The van der Waals surface area contributed by atoms with Crippen LogP contribution in [0.3, 0.4) is 0 Å². The van der Waals surface area contributed by atoms with E-state index in [1.807, 2.05) is 0 Å². The van der Waals surface area contributed by atoms with E-state index in [1.54, 1.807) is 20.8 Å². The van der Waals surface area contributed by atoms with Crippen LogP contribution in [0.25, 0.3) is 0 Å². The second-order valence-corrected chi connectivity index (χ2v) is 4.98. The Bertz CT molecular complexity index is 510. The van der Waals surface area contributed by atoms with Crippen LogP contribution in [0.15, 0.2) is 18.2 Å². The van der Waals surface area contributed by atoms with Crippen molar-refractivity contribution in [3.05, 3.63) is 29.6 Å². The summed E-state index contributed by atoms with van der Waals surface area (Å²) in [6, 6.07) is 4.25. The average molecular weight is 281 g/mol. The normalized spacial score (nSPS) is 11.2. The first-order valence-electron chi connectivity index (χ1n) is 6.64. The first-order valence-corrected chi connectivity index (χ1v) is 6.64. The highest BCUT2D eigenvalue weighted by molar-refractivity contribution is 5.94. The third-order valence-corrected chi connectivity index (χ3v) is 3.75. The van der Waals surface area contributed by atoms with Gasteiger partial charge in [0.2, 0.25) is 5.91 Å². The maximum Gasteiger partial charge on any atom is 0.310 e. The van der Waals surface area contributed by atoms with Gasteiger partial charge in [-0.2, -0.15) is 0 Å². The van der Waals surface area contributed by atoms with Crippen molar-refractivity contribution in [2.75, 3.05) is 5.32 Å². The fraction of sp³-hybridized carbons (Fsp3) is 0.467. The quantitative estimate of drug-likeness (QED) is 0.840. The molecule has 0 unspecified atom stereocenters. The number of carbonyl (C=O) groups is 2. The summed E-state index contributed by atoms with van der Waals surface area (Å²) in [6.45, 7) is 5.12. The molecule has 20 heavy (non-hydrogen) atoms. The van der Waals surface area contributed by atoms with Crippen molar-refractivity contribution in [3.63, 3.8) is 0 Å². The number of carboxylic acid groups (broad SMARTS) is 1. The first kappa shape index (κ1) is 16.1. The molecule has 1 rings (SSSR count). The monoisotopic (exact) mass is 281 g/mol. The van der Waals surface area contributed by atoms with E-state index in [1.165, 1.54) is 18.2 Å². The standard InChI is InChI=1S/C15H20FNO3/c1-4-15(5-2,14(19)20)9-13(18)17-11-6-7-12(16)10(3)8-11/h6-8H,4-5,9H2,1-3H3,(H,17,18)(H,19,20). The number of aryl methyl sites for hydroxylation is 1. The Hall–Kier alpha value is -1.91. The zero-order valence-electron chi connectivity index (χ0n) is 12.0.